The molecule has 0 bridgehead atoms. The van der Waals surface area contributed by atoms with Gasteiger partial charge in [0.2, 0.25) is 0 Å². The van der Waals surface area contributed by atoms with Crippen LogP contribution < -0.4 is 11.2 Å². The van der Waals surface area contributed by atoms with Crippen LogP contribution in [-0.4, -0.2) is 21.2 Å². The van der Waals surface area contributed by atoms with Gasteiger partial charge in [0.05, 0.1) is 4.47 Å². The summed E-state index contributed by atoms with van der Waals surface area (Å²) in [5.74, 6) is 0. The second kappa shape index (κ2) is 4.25. The minimum absolute atomic E-state index is 0.0814. The van der Waals surface area contributed by atoms with E-state index in [0.717, 1.165) is 6.20 Å². The molecule has 0 aliphatic carbocycles. The average Bonchev–Trinajstić information content (AvgIpc) is 2.08. The highest BCUT2D eigenvalue weighted by Crippen LogP contribution is 2.08. The van der Waals surface area contributed by atoms with Gasteiger partial charge >= 0.3 is 11.8 Å². The number of halogens is 1. The van der Waals surface area contributed by atoms with Gasteiger partial charge in [0.25, 0.3) is 5.56 Å². The van der Waals surface area contributed by atoms with Crippen LogP contribution in [0.4, 0.5) is 4.79 Å². The van der Waals surface area contributed by atoms with Gasteiger partial charge in [-0.3, -0.25) is 9.78 Å². The minimum Gasteiger partial charge on any atom is -0.443 e. The summed E-state index contributed by atoms with van der Waals surface area (Å²) >= 11 is 2.92. The largest absolute Gasteiger partial charge is 0.443 e. The van der Waals surface area contributed by atoms with Crippen LogP contribution in [0.3, 0.4) is 0 Å². The molecule has 0 unspecified atom stereocenters. The summed E-state index contributed by atoms with van der Waals surface area (Å²) in [7, 11) is 0. The van der Waals surface area contributed by atoms with E-state index in [1.54, 1.807) is 20.8 Å². The van der Waals surface area contributed by atoms with Gasteiger partial charge in [0.1, 0.15) is 5.60 Å². The number of nitrogens with one attached hydrogen (secondary N) is 1. The van der Waals surface area contributed by atoms with E-state index in [2.05, 4.69) is 15.9 Å². The Balaban J connectivity index is 3.15. The molecule has 1 rings (SSSR count). The number of carbonyl (C=O) groups excluding carboxylic acids is 1. The Bertz CT molecular complexity index is 524. The van der Waals surface area contributed by atoms with E-state index in [4.69, 9.17) is 4.74 Å². The first-order valence-corrected chi connectivity index (χ1v) is 5.25. The summed E-state index contributed by atoms with van der Waals surface area (Å²) in [5, 5.41) is 0. The number of carbonyl (C=O) groups is 1. The first-order chi connectivity index (χ1) is 7.20. The lowest BCUT2D eigenvalue weighted by Crippen LogP contribution is -2.37. The first kappa shape index (κ1) is 12.7. The highest BCUT2D eigenvalue weighted by Gasteiger charge is 2.19. The molecule has 0 aliphatic heterocycles. The monoisotopic (exact) mass is 290 g/mol. The van der Waals surface area contributed by atoms with Crippen LogP contribution in [0, 0.1) is 0 Å². The second-order valence-corrected chi connectivity index (χ2v) is 4.94. The van der Waals surface area contributed by atoms with Crippen LogP contribution in [0.1, 0.15) is 20.8 Å². The average molecular weight is 291 g/mol. The van der Waals surface area contributed by atoms with Crippen molar-refractivity contribution in [2.24, 2.45) is 0 Å². The topological polar surface area (TPSA) is 81.2 Å². The molecule has 1 heterocycles. The SMILES string of the molecule is CC(C)(C)OC(=O)n1cc(Br)c(=O)[nH]c1=O. The molecule has 0 radical (unpaired) electrons. The van der Waals surface area contributed by atoms with Crippen molar-refractivity contribution < 1.29 is 9.53 Å². The van der Waals surface area contributed by atoms with Gasteiger partial charge in [-0.25, -0.2) is 14.2 Å². The lowest BCUT2D eigenvalue weighted by Gasteiger charge is -2.19. The van der Waals surface area contributed by atoms with Gasteiger partial charge in [0.15, 0.2) is 0 Å². The maximum atomic E-state index is 11.5. The minimum atomic E-state index is -0.838. The maximum Gasteiger partial charge on any atom is 0.422 e. The number of H-pyrrole nitrogens is 1. The number of hydrogen-bond acceptors (Lipinski definition) is 4. The van der Waals surface area contributed by atoms with Crippen LogP contribution in [0.25, 0.3) is 0 Å². The third-order valence-corrected chi connectivity index (χ3v) is 2.05. The lowest BCUT2D eigenvalue weighted by molar-refractivity contribution is 0.0527. The Hall–Kier alpha value is -1.37. The summed E-state index contributed by atoms with van der Waals surface area (Å²) in [6, 6.07) is 0. The molecule has 1 aromatic heterocycles. The number of rotatable bonds is 0. The molecule has 1 aromatic rings. The van der Waals surface area contributed by atoms with Gasteiger partial charge in [-0.05, 0) is 36.7 Å². The van der Waals surface area contributed by atoms with E-state index in [1.165, 1.54) is 0 Å². The predicted octanol–water partition coefficient (Wildman–Crippen LogP) is 1.08. The standard InChI is InChI=1S/C9H11BrN2O4/c1-9(2,3)16-8(15)12-4-5(10)6(13)11-7(12)14/h4H,1-3H3,(H,11,13,14). The maximum absolute atomic E-state index is 11.5. The van der Waals surface area contributed by atoms with Crippen molar-refractivity contribution in [3.05, 3.63) is 31.5 Å². The smallest absolute Gasteiger partial charge is 0.422 e. The van der Waals surface area contributed by atoms with E-state index in [-0.39, 0.29) is 4.47 Å². The van der Waals surface area contributed by atoms with Gasteiger partial charge in [-0.1, -0.05) is 0 Å². The first-order valence-electron chi connectivity index (χ1n) is 4.45. The molecule has 0 saturated carbocycles. The quantitative estimate of drug-likeness (QED) is 0.775. The van der Waals surface area contributed by atoms with Crippen molar-refractivity contribution in [2.45, 2.75) is 26.4 Å². The molecule has 0 amide bonds. The fourth-order valence-corrected chi connectivity index (χ4v) is 1.20. The lowest BCUT2D eigenvalue weighted by atomic mass is 10.2. The highest BCUT2D eigenvalue weighted by molar-refractivity contribution is 9.10. The molecular weight excluding hydrogens is 280 g/mol. The molecule has 7 heteroatoms. The van der Waals surface area contributed by atoms with Crippen LogP contribution in [0.2, 0.25) is 0 Å². The molecule has 0 fully saturated rings. The van der Waals surface area contributed by atoms with E-state index in [1.807, 2.05) is 4.98 Å². The molecule has 0 saturated heterocycles. The Morgan fingerprint density at radius 2 is 2.00 bits per heavy atom. The molecule has 16 heavy (non-hydrogen) atoms. The van der Waals surface area contributed by atoms with Crippen molar-refractivity contribution in [3.63, 3.8) is 0 Å². The zero-order valence-corrected chi connectivity index (χ0v) is 10.6. The van der Waals surface area contributed by atoms with Crippen LogP contribution in [-0.2, 0) is 4.74 Å². The Kier molecular flexibility index (Phi) is 3.37. The van der Waals surface area contributed by atoms with Crippen molar-refractivity contribution in [2.75, 3.05) is 0 Å². The Morgan fingerprint density at radius 3 is 2.50 bits per heavy atom. The Labute approximate surface area is 99.4 Å². The zero-order valence-electron chi connectivity index (χ0n) is 9.04. The number of hydrogen-bond donors (Lipinski definition) is 1. The molecule has 0 spiro atoms. The van der Waals surface area contributed by atoms with E-state index in [9.17, 15) is 14.4 Å². The molecule has 88 valence electrons. The summed E-state index contributed by atoms with van der Waals surface area (Å²) in [4.78, 5) is 35.9. The third kappa shape index (κ3) is 3.06. The van der Waals surface area contributed by atoms with Crippen molar-refractivity contribution in [3.8, 4) is 0 Å². The molecule has 0 aromatic carbocycles. The fraction of sp³-hybridized carbons (Fsp3) is 0.444. The van der Waals surface area contributed by atoms with Crippen molar-refractivity contribution in [1.82, 2.24) is 9.55 Å². The van der Waals surface area contributed by atoms with Gasteiger partial charge in [-0.15, -0.1) is 0 Å². The zero-order chi connectivity index (χ0) is 12.5. The van der Waals surface area contributed by atoms with Crippen LogP contribution in [0.15, 0.2) is 20.3 Å². The fourth-order valence-electron chi connectivity index (χ4n) is 0.894. The number of aromatic nitrogens is 2. The van der Waals surface area contributed by atoms with Gasteiger partial charge in [-0.2, -0.15) is 0 Å². The highest BCUT2D eigenvalue weighted by atomic mass is 79.9. The second-order valence-electron chi connectivity index (χ2n) is 4.09. The summed E-state index contributed by atoms with van der Waals surface area (Å²) in [6.45, 7) is 5.03. The number of aromatic amines is 1. The molecule has 0 aliphatic rings. The normalized spacial score (nSPS) is 11.2. The number of ether oxygens (including phenoxy) is 1. The molecule has 0 atom stereocenters. The van der Waals surface area contributed by atoms with Gasteiger partial charge < -0.3 is 4.74 Å². The summed E-state index contributed by atoms with van der Waals surface area (Å²) in [6.07, 6.45) is 0.240. The predicted molar refractivity (Wildman–Crippen MR) is 60.7 cm³/mol. The van der Waals surface area contributed by atoms with Gasteiger partial charge in [0, 0.05) is 6.20 Å². The van der Waals surface area contributed by atoms with Crippen LogP contribution >= 0.6 is 15.9 Å². The van der Waals surface area contributed by atoms with Crippen molar-refractivity contribution in [1.29, 1.82) is 0 Å². The van der Waals surface area contributed by atoms with Crippen molar-refractivity contribution >= 4 is 22.0 Å². The summed E-state index contributed by atoms with van der Waals surface area (Å²) in [5.41, 5.74) is -2.13. The molecule has 1 N–H and O–H groups in total. The Morgan fingerprint density at radius 1 is 1.44 bits per heavy atom. The van der Waals surface area contributed by atoms with E-state index in [0.29, 0.717) is 4.57 Å². The van der Waals surface area contributed by atoms with E-state index >= 15 is 0 Å². The molecule has 6 nitrogen and oxygen atoms in total. The third-order valence-electron chi connectivity index (χ3n) is 1.49. The van der Waals surface area contributed by atoms with Crippen LogP contribution in [0.5, 0.6) is 0 Å². The number of nitrogens with zero attached hydrogens (tertiary/aromatic N) is 1. The molecular formula is C9H11BrN2O4. The summed E-state index contributed by atoms with van der Waals surface area (Å²) < 4.78 is 5.75. The van der Waals surface area contributed by atoms with E-state index < -0.39 is 22.9 Å².